The van der Waals surface area contributed by atoms with E-state index in [9.17, 15) is 4.57 Å². The van der Waals surface area contributed by atoms with Gasteiger partial charge in [-0.25, -0.2) is 9.45 Å². The van der Waals surface area contributed by atoms with Gasteiger partial charge in [-0.2, -0.15) is 5.92 Å². The van der Waals surface area contributed by atoms with Gasteiger partial charge in [0.2, 0.25) is 0 Å². The van der Waals surface area contributed by atoms with Gasteiger partial charge < -0.3 is 16.7 Å². The number of rotatable bonds is 19. The van der Waals surface area contributed by atoms with Crippen molar-refractivity contribution in [2.24, 2.45) is 5.92 Å². The standard InChI is InChI=1S/C18H39O5P.C4H9.Na/c1-2-3-4-5-6-7-8-9-10-11-12-13-14-15-16-17-18-22-23-24(19,20)21;1-4(2)3;/h2-18H2,1H3,(H2,19,20,21);4H,1H2,2-3H3;/q;-1;+1. The molecule has 0 aromatic rings. The fourth-order valence-electron chi connectivity index (χ4n) is 2.82. The van der Waals surface area contributed by atoms with Crippen molar-refractivity contribution in [3.05, 3.63) is 6.92 Å². The van der Waals surface area contributed by atoms with E-state index in [0.717, 1.165) is 19.3 Å². The van der Waals surface area contributed by atoms with Crippen LogP contribution >= 0.6 is 7.82 Å². The Kier molecular flexibility index (Phi) is 32.4. The minimum absolute atomic E-state index is 0. The Morgan fingerprint density at radius 2 is 1.00 bits per heavy atom. The number of hydrogen-bond acceptors (Lipinski definition) is 3. The summed E-state index contributed by atoms with van der Waals surface area (Å²) >= 11 is 0. The van der Waals surface area contributed by atoms with Crippen molar-refractivity contribution in [3.63, 3.8) is 0 Å². The molecule has 0 saturated heterocycles. The van der Waals surface area contributed by atoms with Gasteiger partial charge in [0.25, 0.3) is 0 Å². The average molecular weight is 447 g/mol. The Morgan fingerprint density at radius 1 is 0.724 bits per heavy atom. The number of phosphoric acid groups is 1. The molecule has 0 spiro atoms. The molecule has 0 fully saturated rings. The molecule has 0 aliphatic heterocycles. The molecule has 0 aliphatic rings. The summed E-state index contributed by atoms with van der Waals surface area (Å²) in [5, 5.41) is 0. The van der Waals surface area contributed by atoms with Crippen molar-refractivity contribution in [3.8, 4) is 0 Å². The van der Waals surface area contributed by atoms with Crippen LogP contribution in [0.2, 0.25) is 0 Å². The van der Waals surface area contributed by atoms with Crippen molar-refractivity contribution in [2.45, 2.75) is 124 Å². The van der Waals surface area contributed by atoms with E-state index < -0.39 is 7.82 Å². The van der Waals surface area contributed by atoms with E-state index in [1.165, 1.54) is 83.5 Å². The van der Waals surface area contributed by atoms with Gasteiger partial charge in [0, 0.05) is 0 Å². The molecule has 0 rings (SSSR count). The molecule has 7 heteroatoms. The van der Waals surface area contributed by atoms with Crippen molar-refractivity contribution < 1.29 is 53.5 Å². The Morgan fingerprint density at radius 3 is 1.28 bits per heavy atom. The minimum Gasteiger partial charge on any atom is -0.341 e. The maximum absolute atomic E-state index is 10.4. The van der Waals surface area contributed by atoms with Gasteiger partial charge in [-0.15, -0.1) is 4.67 Å². The summed E-state index contributed by atoms with van der Waals surface area (Å²) in [5.74, 6) is 0.583. The van der Waals surface area contributed by atoms with Crippen LogP contribution in [0.1, 0.15) is 124 Å². The second-order valence-electron chi connectivity index (χ2n) is 8.08. The molecule has 0 unspecified atom stereocenters. The molecule has 0 aromatic carbocycles. The van der Waals surface area contributed by atoms with Crippen LogP contribution < -0.4 is 29.6 Å². The molecule has 2 N–H and O–H groups in total. The van der Waals surface area contributed by atoms with Crippen LogP contribution in [0, 0.1) is 12.8 Å². The van der Waals surface area contributed by atoms with Crippen LogP contribution in [0.3, 0.4) is 0 Å². The molecule has 0 heterocycles. The monoisotopic (exact) mass is 446 g/mol. The van der Waals surface area contributed by atoms with E-state index >= 15 is 0 Å². The van der Waals surface area contributed by atoms with Crippen LogP contribution in [0.25, 0.3) is 0 Å². The summed E-state index contributed by atoms with van der Waals surface area (Å²) in [4.78, 5) is 21.3. The Bertz CT molecular complexity index is 334. The topological polar surface area (TPSA) is 76.0 Å². The molecule has 5 nitrogen and oxygen atoms in total. The zero-order valence-corrected chi connectivity index (χ0v) is 22.8. The maximum Gasteiger partial charge on any atom is 1.00 e. The van der Waals surface area contributed by atoms with Crippen molar-refractivity contribution >= 4 is 7.82 Å². The van der Waals surface area contributed by atoms with Gasteiger partial charge >= 0.3 is 37.4 Å². The molecule has 29 heavy (non-hydrogen) atoms. The summed E-state index contributed by atoms with van der Waals surface area (Å²) < 4.78 is 14.3. The smallest absolute Gasteiger partial charge is 0.341 e. The third-order valence-electron chi connectivity index (χ3n) is 4.23. The van der Waals surface area contributed by atoms with Gasteiger partial charge in [0.05, 0.1) is 6.61 Å². The van der Waals surface area contributed by atoms with Crippen LogP contribution in [0.4, 0.5) is 0 Å². The van der Waals surface area contributed by atoms with E-state index in [1.54, 1.807) is 0 Å². The number of hydrogen-bond donors (Lipinski definition) is 2. The van der Waals surface area contributed by atoms with Gasteiger partial charge in [-0.3, -0.25) is 0 Å². The summed E-state index contributed by atoms with van der Waals surface area (Å²) in [6.45, 7) is 10.3. The van der Waals surface area contributed by atoms with E-state index in [0.29, 0.717) is 5.92 Å². The Hall–Kier alpha value is 1.07. The van der Waals surface area contributed by atoms with Gasteiger partial charge in [0.1, 0.15) is 0 Å². The average Bonchev–Trinajstić information content (AvgIpc) is 2.59. The van der Waals surface area contributed by atoms with Crippen LogP contribution in [0.5, 0.6) is 0 Å². The third-order valence-corrected chi connectivity index (χ3v) is 4.53. The first-order chi connectivity index (χ1) is 13.3. The van der Waals surface area contributed by atoms with Crippen molar-refractivity contribution in [2.75, 3.05) is 6.61 Å². The zero-order valence-electron chi connectivity index (χ0n) is 19.9. The number of unbranched alkanes of at least 4 members (excludes halogenated alkanes) is 15. The first-order valence-electron chi connectivity index (χ1n) is 11.5. The second kappa shape index (κ2) is 27.1. The van der Waals surface area contributed by atoms with E-state index in [4.69, 9.17) is 9.79 Å². The Labute approximate surface area is 203 Å². The maximum atomic E-state index is 10.4. The quantitative estimate of drug-likeness (QED) is 0.0747. The molecular weight excluding hydrogens is 398 g/mol. The van der Waals surface area contributed by atoms with Gasteiger partial charge in [0.15, 0.2) is 0 Å². The van der Waals surface area contributed by atoms with Crippen molar-refractivity contribution in [1.82, 2.24) is 0 Å². The largest absolute Gasteiger partial charge is 1.00 e. The molecule has 0 saturated carbocycles. The first-order valence-corrected chi connectivity index (χ1v) is 13.0. The fraction of sp³-hybridized carbons (Fsp3) is 0.955. The molecule has 0 atom stereocenters. The third kappa shape index (κ3) is 43.7. The van der Waals surface area contributed by atoms with Crippen molar-refractivity contribution in [1.29, 1.82) is 0 Å². The normalized spacial score (nSPS) is 11.1. The van der Waals surface area contributed by atoms with Crippen LogP contribution in [0.15, 0.2) is 0 Å². The molecule has 0 aliphatic carbocycles. The minimum atomic E-state index is -4.48. The summed E-state index contributed by atoms with van der Waals surface area (Å²) in [7, 11) is -4.48. The zero-order chi connectivity index (χ0) is 21.5. The Balaban J connectivity index is -0.00000123. The predicted octanol–water partition coefficient (Wildman–Crippen LogP) is 4.77. The summed E-state index contributed by atoms with van der Waals surface area (Å²) in [5.41, 5.74) is 0. The van der Waals surface area contributed by atoms with Gasteiger partial charge in [-0.1, -0.05) is 117 Å². The molecule has 0 aromatic heterocycles. The molecule has 172 valence electrons. The van der Waals surface area contributed by atoms with E-state index in [-0.39, 0.29) is 36.2 Å². The molecule has 0 bridgehead atoms. The molecule has 0 radical (unpaired) electrons. The SMILES string of the molecule is CCCCCCCCCCCCCCCCCCOOP(=O)(O)O.[CH2-]C(C)C.[Na+]. The first kappa shape index (κ1) is 34.7. The van der Waals surface area contributed by atoms with Crippen LogP contribution in [-0.4, -0.2) is 16.4 Å². The molecule has 0 amide bonds. The van der Waals surface area contributed by atoms with Crippen LogP contribution in [-0.2, 0) is 14.1 Å². The summed E-state index contributed by atoms with van der Waals surface area (Å²) in [6, 6.07) is 0. The summed E-state index contributed by atoms with van der Waals surface area (Å²) in [6.07, 6.45) is 20.7. The van der Waals surface area contributed by atoms with Gasteiger partial charge in [-0.05, 0) is 6.42 Å². The molecular formula is C22H48NaO5P. The van der Waals surface area contributed by atoms with E-state index in [2.05, 4.69) is 37.3 Å². The second-order valence-corrected chi connectivity index (χ2v) is 9.21. The fourth-order valence-corrected chi connectivity index (χ4v) is 3.03. The predicted molar refractivity (Wildman–Crippen MR) is 119 cm³/mol. The van der Waals surface area contributed by atoms with E-state index in [1.807, 2.05) is 0 Å².